The van der Waals surface area contributed by atoms with Crippen LogP contribution < -0.4 is 25.8 Å². The van der Waals surface area contributed by atoms with Gasteiger partial charge in [0.05, 0.1) is 16.8 Å². The molecule has 0 spiro atoms. The van der Waals surface area contributed by atoms with E-state index >= 15 is 0 Å². The molecule has 7 N–H and O–H groups in total. The minimum Gasteiger partial charge on any atom is -0.490 e. The third kappa shape index (κ3) is 4.88. The molecule has 0 fully saturated rings. The fraction of sp³-hybridized carbons (Fsp3) is 0.278. The number of anilines is 2. The first kappa shape index (κ1) is 20.7. The Bertz CT molecular complexity index is 963. The monoisotopic (exact) mass is 420 g/mol. The summed E-state index contributed by atoms with van der Waals surface area (Å²) in [4.78, 5) is 16.7. The van der Waals surface area contributed by atoms with Gasteiger partial charge in [-0.15, -0.1) is 4.40 Å². The SMILES string of the molecule is CNc1cc(C(=O)NC(C)(C)COc2cccc3c2C(N)=NS(O)(O)N3)ccn1. The summed E-state index contributed by atoms with van der Waals surface area (Å²) in [6.45, 7) is 3.79. The molecule has 0 aliphatic carbocycles. The van der Waals surface area contributed by atoms with Crippen molar-refractivity contribution in [2.24, 2.45) is 10.1 Å². The zero-order valence-corrected chi connectivity index (χ0v) is 17.1. The highest BCUT2D eigenvalue weighted by Crippen LogP contribution is 2.46. The summed E-state index contributed by atoms with van der Waals surface area (Å²) >= 11 is 0. The Morgan fingerprint density at radius 2 is 2.10 bits per heavy atom. The summed E-state index contributed by atoms with van der Waals surface area (Å²) < 4.78 is 31.6. The number of nitrogens with one attached hydrogen (secondary N) is 3. The van der Waals surface area contributed by atoms with Gasteiger partial charge in [-0.3, -0.25) is 18.6 Å². The third-order valence-corrected chi connectivity index (χ3v) is 5.02. The lowest BCUT2D eigenvalue weighted by atomic mass is 10.1. The van der Waals surface area contributed by atoms with Gasteiger partial charge in [-0.05, 0) is 49.1 Å². The molecule has 2 aromatic rings. The predicted octanol–water partition coefficient (Wildman–Crippen LogP) is 2.42. The number of ether oxygens (including phenoxy) is 1. The summed E-state index contributed by atoms with van der Waals surface area (Å²) in [6, 6.07) is 8.31. The van der Waals surface area contributed by atoms with Crippen LogP contribution in [0.4, 0.5) is 11.5 Å². The van der Waals surface area contributed by atoms with Gasteiger partial charge in [0.2, 0.25) is 0 Å². The van der Waals surface area contributed by atoms with E-state index < -0.39 is 16.5 Å². The van der Waals surface area contributed by atoms with Crippen molar-refractivity contribution >= 4 is 34.2 Å². The van der Waals surface area contributed by atoms with Crippen LogP contribution in [0.15, 0.2) is 40.9 Å². The van der Waals surface area contributed by atoms with Crippen molar-refractivity contribution in [1.29, 1.82) is 0 Å². The molecule has 1 aliphatic heterocycles. The maximum atomic E-state index is 12.6. The lowest BCUT2D eigenvalue weighted by Crippen LogP contribution is -2.48. The van der Waals surface area contributed by atoms with E-state index in [0.29, 0.717) is 28.4 Å². The number of benzene rings is 1. The third-order valence-electron chi connectivity index (χ3n) is 4.07. The van der Waals surface area contributed by atoms with Crippen LogP contribution in [-0.4, -0.2) is 45.0 Å². The molecule has 11 heteroatoms. The highest BCUT2D eigenvalue weighted by atomic mass is 32.3. The van der Waals surface area contributed by atoms with Crippen molar-refractivity contribution in [1.82, 2.24) is 10.3 Å². The largest absolute Gasteiger partial charge is 0.490 e. The molecule has 2 heterocycles. The highest BCUT2D eigenvalue weighted by Gasteiger charge is 2.27. The standard InChI is InChI=1S/C18H24N6O4S/c1-18(2,22-17(25)11-7-8-21-14(9-11)20-3)10-28-13-6-4-5-12-15(13)16(19)24-29(26,27)23-12/h4-9,23,26-27H,10H2,1-3H3,(H2,19,24)(H,20,21)(H,22,25). The molecule has 29 heavy (non-hydrogen) atoms. The Kier molecular flexibility index (Phi) is 5.55. The average molecular weight is 420 g/mol. The highest BCUT2D eigenvalue weighted by molar-refractivity contribution is 8.24. The Balaban J connectivity index is 1.72. The number of rotatable bonds is 6. The van der Waals surface area contributed by atoms with Gasteiger partial charge >= 0.3 is 0 Å². The summed E-state index contributed by atoms with van der Waals surface area (Å²) in [7, 11) is -1.64. The number of hydrogen-bond donors (Lipinski definition) is 6. The number of pyridine rings is 1. The average Bonchev–Trinajstić information content (AvgIpc) is 2.64. The lowest BCUT2D eigenvalue weighted by Gasteiger charge is -2.34. The Morgan fingerprint density at radius 1 is 1.34 bits per heavy atom. The van der Waals surface area contributed by atoms with E-state index in [1.54, 1.807) is 43.6 Å². The van der Waals surface area contributed by atoms with Crippen LogP contribution in [0.2, 0.25) is 0 Å². The maximum Gasteiger partial charge on any atom is 0.252 e. The predicted molar refractivity (Wildman–Crippen MR) is 114 cm³/mol. The zero-order valence-electron chi connectivity index (χ0n) is 16.3. The molecule has 0 bridgehead atoms. The molecule has 1 aromatic heterocycles. The molecule has 1 amide bonds. The molecule has 0 saturated carbocycles. The van der Waals surface area contributed by atoms with Gasteiger partial charge in [0, 0.05) is 18.8 Å². The van der Waals surface area contributed by atoms with Gasteiger partial charge in [-0.25, -0.2) is 4.98 Å². The van der Waals surface area contributed by atoms with Crippen LogP contribution in [0, 0.1) is 0 Å². The molecule has 3 rings (SSSR count). The molecule has 0 atom stereocenters. The fourth-order valence-corrected chi connectivity index (χ4v) is 3.61. The van der Waals surface area contributed by atoms with E-state index in [1.165, 1.54) is 0 Å². The van der Waals surface area contributed by atoms with Gasteiger partial charge in [0.25, 0.3) is 5.91 Å². The number of nitrogens with two attached hydrogens (primary N) is 1. The summed E-state index contributed by atoms with van der Waals surface area (Å²) in [5.41, 5.74) is 6.51. The second-order valence-electron chi connectivity index (χ2n) is 7.08. The zero-order chi connectivity index (χ0) is 21.2. The molecular formula is C18H24N6O4S. The number of hydrogen-bond acceptors (Lipinski definition) is 9. The first-order valence-electron chi connectivity index (χ1n) is 8.74. The molecule has 0 saturated heterocycles. The molecule has 10 nitrogen and oxygen atoms in total. The Morgan fingerprint density at radius 3 is 2.83 bits per heavy atom. The van der Waals surface area contributed by atoms with E-state index in [1.807, 2.05) is 13.8 Å². The second kappa shape index (κ2) is 7.78. The van der Waals surface area contributed by atoms with Crippen molar-refractivity contribution in [3.8, 4) is 5.75 Å². The van der Waals surface area contributed by atoms with Crippen molar-refractivity contribution in [2.75, 3.05) is 23.7 Å². The van der Waals surface area contributed by atoms with Gasteiger partial charge in [0.1, 0.15) is 18.2 Å². The number of carbonyl (C=O) groups is 1. The van der Waals surface area contributed by atoms with Crippen molar-refractivity contribution < 1.29 is 18.6 Å². The summed E-state index contributed by atoms with van der Waals surface area (Å²) in [6.07, 6.45) is 1.56. The van der Waals surface area contributed by atoms with Gasteiger partial charge in [-0.1, -0.05) is 6.07 Å². The van der Waals surface area contributed by atoms with Crippen LogP contribution in [0.1, 0.15) is 29.8 Å². The lowest BCUT2D eigenvalue weighted by molar-refractivity contribution is 0.0880. The first-order valence-corrected chi connectivity index (χ1v) is 10.2. The Labute approximate surface area is 170 Å². The van der Waals surface area contributed by atoms with E-state index in [-0.39, 0.29) is 18.3 Å². The molecule has 1 aliphatic rings. The van der Waals surface area contributed by atoms with Gasteiger partial charge in [-0.2, -0.15) is 0 Å². The number of fused-ring (bicyclic) bond motifs is 1. The quantitative estimate of drug-likeness (QED) is 0.416. The van der Waals surface area contributed by atoms with E-state index in [4.69, 9.17) is 10.5 Å². The van der Waals surface area contributed by atoms with Crippen LogP contribution >= 0.6 is 11.0 Å². The maximum absolute atomic E-state index is 12.6. The topological polar surface area (TPSA) is 154 Å². The van der Waals surface area contributed by atoms with Crippen molar-refractivity contribution in [3.63, 3.8) is 0 Å². The normalized spacial score (nSPS) is 16.0. The molecule has 1 aromatic carbocycles. The second-order valence-corrected chi connectivity index (χ2v) is 8.51. The van der Waals surface area contributed by atoms with E-state index in [9.17, 15) is 13.9 Å². The van der Waals surface area contributed by atoms with Crippen molar-refractivity contribution in [3.05, 3.63) is 47.7 Å². The van der Waals surface area contributed by atoms with Crippen LogP contribution in [0.5, 0.6) is 5.75 Å². The van der Waals surface area contributed by atoms with E-state index in [2.05, 4.69) is 24.7 Å². The minimum absolute atomic E-state index is 0.0347. The summed E-state index contributed by atoms with van der Waals surface area (Å²) in [5, 5.41) is 5.82. The smallest absolute Gasteiger partial charge is 0.252 e. The minimum atomic E-state index is -3.37. The number of nitrogens with zero attached hydrogens (tertiary/aromatic N) is 2. The fourth-order valence-electron chi connectivity index (χ4n) is 2.74. The van der Waals surface area contributed by atoms with Crippen LogP contribution in [0.3, 0.4) is 0 Å². The van der Waals surface area contributed by atoms with Crippen molar-refractivity contribution in [2.45, 2.75) is 19.4 Å². The molecular weight excluding hydrogens is 396 g/mol. The number of amidine groups is 1. The van der Waals surface area contributed by atoms with Crippen LogP contribution in [-0.2, 0) is 0 Å². The molecule has 0 unspecified atom stereocenters. The summed E-state index contributed by atoms with van der Waals surface area (Å²) in [5.74, 6) is 0.711. The van der Waals surface area contributed by atoms with Gasteiger partial charge in [0.15, 0.2) is 5.84 Å². The molecule has 0 radical (unpaired) electrons. The number of aromatic nitrogens is 1. The number of amides is 1. The van der Waals surface area contributed by atoms with E-state index in [0.717, 1.165) is 0 Å². The first-order chi connectivity index (χ1) is 13.6. The number of carbonyl (C=O) groups excluding carboxylic acids is 1. The molecule has 156 valence electrons. The Hall–Kier alpha value is -3.02. The van der Waals surface area contributed by atoms with Crippen LogP contribution in [0.25, 0.3) is 0 Å². The van der Waals surface area contributed by atoms with Gasteiger partial charge < -0.3 is 21.1 Å².